The third-order valence-corrected chi connectivity index (χ3v) is 7.68. The molecule has 36 heavy (non-hydrogen) atoms. The number of carbonyl (C=O) groups is 1. The fraction of sp³-hybridized carbons (Fsp3) is 0.556. The van der Waals surface area contributed by atoms with Crippen molar-refractivity contribution in [1.82, 2.24) is 15.2 Å². The molecule has 2 aromatic rings. The Balaban J connectivity index is 1.43. The first kappa shape index (κ1) is 24.9. The number of carbonyl (C=O) groups excluding carboxylic acids is 1. The second kappa shape index (κ2) is 9.92. The van der Waals surface area contributed by atoms with Crippen molar-refractivity contribution in [2.24, 2.45) is 5.92 Å². The van der Waals surface area contributed by atoms with Crippen molar-refractivity contribution in [3.63, 3.8) is 0 Å². The van der Waals surface area contributed by atoms with Crippen LogP contribution >= 0.6 is 0 Å². The smallest absolute Gasteiger partial charge is 0.382 e. The Morgan fingerprint density at radius 1 is 1.00 bits per heavy atom. The van der Waals surface area contributed by atoms with Crippen LogP contribution in [-0.4, -0.2) is 67.3 Å². The summed E-state index contributed by atoms with van der Waals surface area (Å²) in [6.45, 7) is 6.58. The van der Waals surface area contributed by atoms with E-state index in [1.54, 1.807) is 12.1 Å². The van der Waals surface area contributed by atoms with Gasteiger partial charge in [-0.2, -0.15) is 13.2 Å². The average molecular weight is 502 g/mol. The number of amides is 1. The van der Waals surface area contributed by atoms with E-state index in [1.807, 2.05) is 17.0 Å². The summed E-state index contributed by atoms with van der Waals surface area (Å²) < 4.78 is 41.3. The number of benzene rings is 1. The van der Waals surface area contributed by atoms with Crippen LogP contribution in [0.2, 0.25) is 0 Å². The molecule has 0 bridgehead atoms. The minimum Gasteiger partial charge on any atom is -0.382 e. The van der Waals surface area contributed by atoms with Gasteiger partial charge in [0.05, 0.1) is 11.3 Å². The molecular weight excluding hydrogens is 467 g/mol. The van der Waals surface area contributed by atoms with Crippen molar-refractivity contribution >= 4 is 33.8 Å². The second-order valence-electron chi connectivity index (χ2n) is 10.5. The minimum atomic E-state index is -4.57. The van der Waals surface area contributed by atoms with Crippen LogP contribution in [0, 0.1) is 5.92 Å². The number of allylic oxidation sites excluding steroid dienone is 1. The quantitative estimate of drug-likeness (QED) is 0.595. The van der Waals surface area contributed by atoms with Gasteiger partial charge >= 0.3 is 6.18 Å². The van der Waals surface area contributed by atoms with Gasteiger partial charge in [0.2, 0.25) is 5.91 Å². The molecule has 6 nitrogen and oxygen atoms in total. The molecule has 2 aliphatic heterocycles. The monoisotopic (exact) mass is 501 g/mol. The summed E-state index contributed by atoms with van der Waals surface area (Å²) in [5.74, 6) is 0.815. The van der Waals surface area contributed by atoms with E-state index in [9.17, 15) is 18.0 Å². The SMILES string of the molecule is C=C(c1nc(N2CCC(NC(=O)C3CC3)CC2)cc2c(NC3CCN(C)CC3)cccc12)C(F)(F)F. The van der Waals surface area contributed by atoms with Crippen molar-refractivity contribution in [2.75, 3.05) is 43.4 Å². The number of piperidine rings is 2. The zero-order chi connectivity index (χ0) is 25.4. The molecular formula is C27H34F3N5O. The normalized spacial score (nSPS) is 20.5. The van der Waals surface area contributed by atoms with E-state index in [0.29, 0.717) is 24.3 Å². The summed E-state index contributed by atoms with van der Waals surface area (Å²) in [5.41, 5.74) is -0.225. The van der Waals surface area contributed by atoms with E-state index >= 15 is 0 Å². The van der Waals surface area contributed by atoms with Crippen LogP contribution in [0.15, 0.2) is 30.8 Å². The standard InChI is InChI=1S/C27H34F3N5O/c1-17(27(28,29)30)25-21-4-3-5-23(31-19-8-12-34(2)13-9-19)22(21)16-24(33-25)35-14-10-20(11-15-35)32-26(36)18-6-7-18/h3-5,16,18-20,31H,1,6-15H2,2H3,(H,32,36). The molecule has 0 spiro atoms. The predicted molar refractivity (Wildman–Crippen MR) is 137 cm³/mol. The molecule has 3 heterocycles. The lowest BCUT2D eigenvalue weighted by Crippen LogP contribution is -2.45. The number of anilines is 2. The molecule has 9 heteroatoms. The van der Waals surface area contributed by atoms with Crippen molar-refractivity contribution in [3.05, 3.63) is 36.5 Å². The average Bonchev–Trinajstić information content (AvgIpc) is 3.70. The van der Waals surface area contributed by atoms with Crippen molar-refractivity contribution in [3.8, 4) is 0 Å². The highest BCUT2D eigenvalue weighted by atomic mass is 19.4. The lowest BCUT2D eigenvalue weighted by atomic mass is 10.00. The number of fused-ring (bicyclic) bond motifs is 1. The molecule has 0 radical (unpaired) electrons. The maximum Gasteiger partial charge on any atom is 0.417 e. The lowest BCUT2D eigenvalue weighted by Gasteiger charge is -2.34. The van der Waals surface area contributed by atoms with Gasteiger partial charge in [-0.25, -0.2) is 4.98 Å². The van der Waals surface area contributed by atoms with E-state index in [-0.39, 0.29) is 29.6 Å². The molecule has 1 aromatic carbocycles. The molecule has 1 amide bonds. The van der Waals surface area contributed by atoms with Crippen LogP contribution in [0.3, 0.4) is 0 Å². The van der Waals surface area contributed by atoms with Crippen LogP contribution in [0.5, 0.6) is 0 Å². The molecule has 5 rings (SSSR count). The number of hydrogen-bond acceptors (Lipinski definition) is 5. The third kappa shape index (κ3) is 5.45. The van der Waals surface area contributed by atoms with Gasteiger partial charge in [0.1, 0.15) is 5.82 Å². The highest BCUT2D eigenvalue weighted by Gasteiger charge is 2.36. The summed E-state index contributed by atoms with van der Waals surface area (Å²) in [6, 6.07) is 7.68. The van der Waals surface area contributed by atoms with Crippen LogP contribution in [0.4, 0.5) is 24.7 Å². The Morgan fingerprint density at radius 3 is 2.31 bits per heavy atom. The molecule has 1 saturated carbocycles. The molecule has 1 aliphatic carbocycles. The van der Waals surface area contributed by atoms with Crippen molar-refractivity contribution in [1.29, 1.82) is 0 Å². The first-order chi connectivity index (χ1) is 17.2. The lowest BCUT2D eigenvalue weighted by molar-refractivity contribution is -0.123. The van der Waals surface area contributed by atoms with E-state index in [4.69, 9.17) is 0 Å². The largest absolute Gasteiger partial charge is 0.417 e. The second-order valence-corrected chi connectivity index (χ2v) is 10.5. The number of nitrogens with zero attached hydrogens (tertiary/aromatic N) is 3. The molecule has 0 unspecified atom stereocenters. The van der Waals surface area contributed by atoms with E-state index in [2.05, 4.69) is 34.1 Å². The number of nitrogens with one attached hydrogen (secondary N) is 2. The van der Waals surface area contributed by atoms with Crippen molar-refractivity contribution < 1.29 is 18.0 Å². The summed E-state index contributed by atoms with van der Waals surface area (Å²) >= 11 is 0. The van der Waals surface area contributed by atoms with E-state index in [1.165, 1.54) is 0 Å². The molecule has 3 aliphatic rings. The van der Waals surface area contributed by atoms with Gasteiger partial charge in [-0.1, -0.05) is 18.7 Å². The van der Waals surface area contributed by atoms with Crippen LogP contribution in [0.25, 0.3) is 16.3 Å². The molecule has 2 saturated heterocycles. The third-order valence-electron chi connectivity index (χ3n) is 7.68. The Kier molecular flexibility index (Phi) is 6.85. The Hall–Kier alpha value is -2.81. The highest BCUT2D eigenvalue weighted by molar-refractivity contribution is 6.01. The summed E-state index contributed by atoms with van der Waals surface area (Å²) in [5, 5.41) is 7.90. The number of halogens is 3. The fourth-order valence-electron chi connectivity index (χ4n) is 5.21. The zero-order valence-corrected chi connectivity index (χ0v) is 20.7. The first-order valence-electron chi connectivity index (χ1n) is 12.9. The highest BCUT2D eigenvalue weighted by Crippen LogP contribution is 2.39. The molecule has 3 fully saturated rings. The van der Waals surface area contributed by atoms with Gasteiger partial charge in [-0.05, 0) is 70.8 Å². The van der Waals surface area contributed by atoms with Gasteiger partial charge in [-0.15, -0.1) is 0 Å². The number of pyridine rings is 1. The summed E-state index contributed by atoms with van der Waals surface area (Å²) in [4.78, 5) is 20.9. The number of likely N-dealkylation sites (tertiary alicyclic amines) is 1. The molecule has 1 aromatic heterocycles. The van der Waals surface area contributed by atoms with Gasteiger partial charge in [0.25, 0.3) is 0 Å². The zero-order valence-electron chi connectivity index (χ0n) is 20.7. The summed E-state index contributed by atoms with van der Waals surface area (Å²) in [6.07, 6.45) is 0.791. The van der Waals surface area contributed by atoms with E-state index < -0.39 is 11.7 Å². The predicted octanol–water partition coefficient (Wildman–Crippen LogP) is 4.81. The number of alkyl halides is 3. The Labute approximate surface area is 209 Å². The number of aromatic nitrogens is 1. The van der Waals surface area contributed by atoms with Gasteiger partial charge < -0.3 is 20.4 Å². The van der Waals surface area contributed by atoms with Gasteiger partial charge in [0, 0.05) is 47.6 Å². The van der Waals surface area contributed by atoms with Gasteiger partial charge in [-0.3, -0.25) is 4.79 Å². The van der Waals surface area contributed by atoms with Crippen LogP contribution < -0.4 is 15.5 Å². The maximum atomic E-state index is 13.8. The Bertz CT molecular complexity index is 1130. The summed E-state index contributed by atoms with van der Waals surface area (Å²) in [7, 11) is 2.10. The van der Waals surface area contributed by atoms with Crippen molar-refractivity contribution in [2.45, 2.75) is 56.8 Å². The first-order valence-corrected chi connectivity index (χ1v) is 12.9. The molecule has 0 atom stereocenters. The molecule has 2 N–H and O–H groups in total. The fourth-order valence-corrected chi connectivity index (χ4v) is 5.21. The number of hydrogen-bond donors (Lipinski definition) is 2. The minimum absolute atomic E-state index is 0.0982. The van der Waals surface area contributed by atoms with E-state index in [0.717, 1.165) is 62.7 Å². The Morgan fingerprint density at radius 2 is 1.67 bits per heavy atom. The topological polar surface area (TPSA) is 60.5 Å². The molecule has 194 valence electrons. The van der Waals surface area contributed by atoms with Crippen LogP contribution in [-0.2, 0) is 4.79 Å². The maximum absolute atomic E-state index is 13.8. The number of rotatable bonds is 6. The van der Waals surface area contributed by atoms with Gasteiger partial charge in [0.15, 0.2) is 0 Å². The van der Waals surface area contributed by atoms with Crippen LogP contribution in [0.1, 0.15) is 44.2 Å².